The van der Waals surface area contributed by atoms with Gasteiger partial charge in [-0.25, -0.2) is 4.79 Å². The van der Waals surface area contributed by atoms with Gasteiger partial charge in [-0.3, -0.25) is 4.79 Å². The first kappa shape index (κ1) is 16.9. The van der Waals surface area contributed by atoms with Crippen molar-refractivity contribution in [3.8, 4) is 0 Å². The molecular formula is C17H22N2O4. The lowest BCUT2D eigenvalue weighted by Gasteiger charge is -2.15. The summed E-state index contributed by atoms with van der Waals surface area (Å²) in [5.74, 6) is 0.0748. The Morgan fingerprint density at radius 1 is 1.35 bits per heavy atom. The summed E-state index contributed by atoms with van der Waals surface area (Å²) in [6.45, 7) is 7.44. The van der Waals surface area contributed by atoms with Gasteiger partial charge >= 0.3 is 5.97 Å². The third-order valence-electron chi connectivity index (χ3n) is 3.52. The number of carbonyl (C=O) groups is 2. The number of ether oxygens (including phenoxy) is 1. The molecule has 0 aliphatic rings. The molecule has 1 amide bonds. The molecule has 2 heterocycles. The lowest BCUT2D eigenvalue weighted by molar-refractivity contribution is 0.0376. The van der Waals surface area contributed by atoms with Crippen LogP contribution in [-0.2, 0) is 11.3 Å². The van der Waals surface area contributed by atoms with Crippen molar-refractivity contribution >= 4 is 11.9 Å². The fourth-order valence-electron chi connectivity index (χ4n) is 2.44. The Kier molecular flexibility index (Phi) is 4.93. The first-order chi connectivity index (χ1) is 10.8. The maximum atomic E-state index is 12.6. The zero-order valence-corrected chi connectivity index (χ0v) is 14.1. The predicted octanol–water partition coefficient (Wildman–Crippen LogP) is 3.06. The van der Waals surface area contributed by atoms with Gasteiger partial charge < -0.3 is 19.0 Å². The Morgan fingerprint density at radius 3 is 2.61 bits per heavy atom. The van der Waals surface area contributed by atoms with Crippen molar-refractivity contribution in [2.24, 2.45) is 0 Å². The molecule has 6 nitrogen and oxygen atoms in total. The molecule has 0 saturated carbocycles. The van der Waals surface area contributed by atoms with Crippen LogP contribution in [0, 0.1) is 13.8 Å². The van der Waals surface area contributed by atoms with Crippen molar-refractivity contribution in [1.29, 1.82) is 0 Å². The topological polar surface area (TPSA) is 75.5 Å². The van der Waals surface area contributed by atoms with Gasteiger partial charge in [0.2, 0.25) is 0 Å². The van der Waals surface area contributed by atoms with E-state index in [0.29, 0.717) is 34.8 Å². The smallest absolute Gasteiger partial charge is 0.340 e. The molecule has 0 aromatic carbocycles. The summed E-state index contributed by atoms with van der Waals surface area (Å²) in [6.07, 6.45) is 1.36. The van der Waals surface area contributed by atoms with Crippen LogP contribution in [-0.4, -0.2) is 34.9 Å². The summed E-state index contributed by atoms with van der Waals surface area (Å²) in [6, 6.07) is 3.58. The molecule has 2 aromatic heterocycles. The summed E-state index contributed by atoms with van der Waals surface area (Å²) in [5.41, 5.74) is 2.05. The highest BCUT2D eigenvalue weighted by Crippen LogP contribution is 2.21. The van der Waals surface area contributed by atoms with Crippen LogP contribution >= 0.6 is 0 Å². The van der Waals surface area contributed by atoms with Crippen molar-refractivity contribution < 1.29 is 18.7 Å². The summed E-state index contributed by atoms with van der Waals surface area (Å²) in [4.78, 5) is 29.3. The molecule has 23 heavy (non-hydrogen) atoms. The molecule has 124 valence electrons. The molecule has 0 bridgehead atoms. The molecule has 0 aliphatic heterocycles. The maximum absolute atomic E-state index is 12.6. The number of amides is 1. The lowest BCUT2D eigenvalue weighted by Crippen LogP contribution is -2.27. The van der Waals surface area contributed by atoms with Gasteiger partial charge in [-0.05, 0) is 45.4 Å². The molecular weight excluding hydrogens is 296 g/mol. The number of hydrogen-bond donors (Lipinski definition) is 1. The van der Waals surface area contributed by atoms with E-state index in [0.717, 1.165) is 0 Å². The van der Waals surface area contributed by atoms with E-state index in [1.807, 2.05) is 6.07 Å². The zero-order valence-electron chi connectivity index (χ0n) is 14.1. The maximum Gasteiger partial charge on any atom is 0.340 e. The monoisotopic (exact) mass is 318 g/mol. The van der Waals surface area contributed by atoms with Gasteiger partial charge in [0, 0.05) is 12.7 Å². The fourth-order valence-corrected chi connectivity index (χ4v) is 2.44. The van der Waals surface area contributed by atoms with Gasteiger partial charge in [-0.1, -0.05) is 0 Å². The van der Waals surface area contributed by atoms with Gasteiger partial charge in [-0.15, -0.1) is 0 Å². The van der Waals surface area contributed by atoms with Crippen LogP contribution in [0.15, 0.2) is 22.8 Å². The van der Waals surface area contributed by atoms with E-state index < -0.39 is 5.97 Å². The molecule has 0 spiro atoms. The third kappa shape index (κ3) is 3.64. The molecule has 6 heteroatoms. The summed E-state index contributed by atoms with van der Waals surface area (Å²) in [5, 5.41) is 0. The molecule has 0 saturated heterocycles. The van der Waals surface area contributed by atoms with Crippen LogP contribution in [0.25, 0.3) is 0 Å². The van der Waals surface area contributed by atoms with Crippen molar-refractivity contribution in [2.45, 2.75) is 40.3 Å². The minimum atomic E-state index is -0.418. The van der Waals surface area contributed by atoms with E-state index in [4.69, 9.17) is 9.15 Å². The average Bonchev–Trinajstić information content (AvgIpc) is 3.05. The number of aryl methyl sites for hydroxylation is 1. The second-order valence-electron chi connectivity index (χ2n) is 5.82. The van der Waals surface area contributed by atoms with Crippen LogP contribution in [0.2, 0.25) is 0 Å². The van der Waals surface area contributed by atoms with E-state index in [9.17, 15) is 9.59 Å². The van der Waals surface area contributed by atoms with Crippen molar-refractivity contribution in [2.75, 3.05) is 7.05 Å². The van der Waals surface area contributed by atoms with Gasteiger partial charge in [0.1, 0.15) is 11.5 Å². The highest BCUT2D eigenvalue weighted by Gasteiger charge is 2.25. The van der Waals surface area contributed by atoms with Gasteiger partial charge in [-0.2, -0.15) is 0 Å². The Morgan fingerprint density at radius 2 is 2.04 bits per heavy atom. The molecule has 0 radical (unpaired) electrons. The molecule has 0 fully saturated rings. The number of esters is 1. The molecule has 0 unspecified atom stereocenters. The highest BCUT2D eigenvalue weighted by molar-refractivity contribution is 6.00. The largest absolute Gasteiger partial charge is 0.467 e. The van der Waals surface area contributed by atoms with Crippen molar-refractivity contribution in [3.63, 3.8) is 0 Å². The Bertz CT molecular complexity index is 699. The van der Waals surface area contributed by atoms with Crippen LogP contribution in [0.4, 0.5) is 0 Å². The lowest BCUT2D eigenvalue weighted by atomic mass is 10.1. The van der Waals surface area contributed by atoms with Crippen LogP contribution in [0.3, 0.4) is 0 Å². The van der Waals surface area contributed by atoms with E-state index in [2.05, 4.69) is 4.98 Å². The number of nitrogens with one attached hydrogen (secondary N) is 1. The summed E-state index contributed by atoms with van der Waals surface area (Å²) in [7, 11) is 1.69. The number of furan rings is 1. The molecule has 0 atom stereocenters. The Labute approximate surface area is 135 Å². The van der Waals surface area contributed by atoms with E-state index in [-0.39, 0.29) is 12.0 Å². The standard InChI is InChI=1S/C17H22N2O4/c1-10(2)23-17(21)14-11(3)15(18-12(14)4)16(20)19(5)9-13-7-6-8-22-13/h6-8,10,18H,9H2,1-5H3. The van der Waals surface area contributed by atoms with E-state index in [1.54, 1.807) is 47.1 Å². The number of aromatic nitrogens is 1. The van der Waals surface area contributed by atoms with E-state index in [1.165, 1.54) is 4.90 Å². The fraction of sp³-hybridized carbons (Fsp3) is 0.412. The summed E-state index contributed by atoms with van der Waals surface area (Å²) < 4.78 is 10.5. The van der Waals surface area contributed by atoms with Crippen molar-refractivity contribution in [1.82, 2.24) is 9.88 Å². The first-order valence-electron chi connectivity index (χ1n) is 7.49. The number of H-pyrrole nitrogens is 1. The second-order valence-corrected chi connectivity index (χ2v) is 5.82. The molecule has 2 rings (SSSR count). The first-order valence-corrected chi connectivity index (χ1v) is 7.49. The van der Waals surface area contributed by atoms with E-state index >= 15 is 0 Å². The van der Waals surface area contributed by atoms with Crippen LogP contribution in [0.1, 0.15) is 51.7 Å². The number of rotatable bonds is 5. The normalized spacial score (nSPS) is 10.9. The quantitative estimate of drug-likeness (QED) is 0.860. The minimum Gasteiger partial charge on any atom is -0.467 e. The Hall–Kier alpha value is -2.50. The third-order valence-corrected chi connectivity index (χ3v) is 3.52. The average molecular weight is 318 g/mol. The predicted molar refractivity (Wildman–Crippen MR) is 85.3 cm³/mol. The van der Waals surface area contributed by atoms with Gasteiger partial charge in [0.15, 0.2) is 0 Å². The number of hydrogen-bond acceptors (Lipinski definition) is 4. The second kappa shape index (κ2) is 6.73. The van der Waals surface area contributed by atoms with Gasteiger partial charge in [0.05, 0.1) is 24.5 Å². The molecule has 2 aromatic rings. The minimum absolute atomic E-state index is 0.203. The number of carbonyl (C=O) groups excluding carboxylic acids is 2. The number of nitrogens with zero attached hydrogens (tertiary/aromatic N) is 1. The van der Waals surface area contributed by atoms with Crippen LogP contribution < -0.4 is 0 Å². The van der Waals surface area contributed by atoms with Crippen molar-refractivity contribution in [3.05, 3.63) is 46.7 Å². The number of aromatic amines is 1. The van der Waals surface area contributed by atoms with Crippen LogP contribution in [0.5, 0.6) is 0 Å². The summed E-state index contributed by atoms with van der Waals surface area (Å²) >= 11 is 0. The van der Waals surface area contributed by atoms with Gasteiger partial charge in [0.25, 0.3) is 5.91 Å². The SMILES string of the molecule is Cc1[nH]c(C(=O)N(C)Cc2ccco2)c(C)c1C(=O)OC(C)C. The molecule has 0 aliphatic carbocycles. The Balaban J connectivity index is 2.23. The zero-order chi connectivity index (χ0) is 17.1. The highest BCUT2D eigenvalue weighted by atomic mass is 16.5. The molecule has 1 N–H and O–H groups in total.